The largest absolute Gasteiger partial charge is 0.493 e. The molecule has 1 aromatic rings. The molecule has 0 fully saturated rings. The minimum atomic E-state index is -0.762. The number of benzene rings is 1. The molecule has 0 saturated carbocycles. The van der Waals surface area contributed by atoms with Crippen LogP contribution >= 0.6 is 23.2 Å². The van der Waals surface area contributed by atoms with Crippen LogP contribution in [0.2, 0.25) is 0 Å². The summed E-state index contributed by atoms with van der Waals surface area (Å²) < 4.78 is 10.3. The highest BCUT2D eigenvalue weighted by Gasteiger charge is 2.18. The van der Waals surface area contributed by atoms with Gasteiger partial charge >= 0.3 is 0 Å². The second-order valence-corrected chi connectivity index (χ2v) is 4.48. The Morgan fingerprint density at radius 3 is 2.00 bits per heavy atom. The van der Waals surface area contributed by atoms with E-state index in [9.17, 15) is 9.59 Å². The van der Waals surface area contributed by atoms with Crippen molar-refractivity contribution in [3.8, 4) is 11.5 Å². The third-order valence-corrected chi connectivity index (χ3v) is 3.08. The summed E-state index contributed by atoms with van der Waals surface area (Å²) in [7, 11) is 3.00. The Hall–Kier alpha value is -1.66. The van der Waals surface area contributed by atoms with Gasteiger partial charge in [-0.25, -0.2) is 0 Å². The number of amides is 2. The van der Waals surface area contributed by atoms with Crippen LogP contribution in [0.15, 0.2) is 18.2 Å². The second-order valence-electron chi connectivity index (χ2n) is 3.95. The van der Waals surface area contributed by atoms with Crippen molar-refractivity contribution in [2.24, 2.45) is 0 Å². The van der Waals surface area contributed by atoms with Gasteiger partial charge in [-0.3, -0.25) is 9.59 Å². The zero-order valence-electron chi connectivity index (χ0n) is 11.6. The first-order valence-corrected chi connectivity index (χ1v) is 7.05. The Morgan fingerprint density at radius 1 is 1.05 bits per heavy atom. The molecule has 21 heavy (non-hydrogen) atoms. The molecule has 0 aliphatic carbocycles. The molecular formula is C13H16Cl2N2O4. The number of ether oxygens (including phenoxy) is 2. The molecule has 0 aromatic heterocycles. The van der Waals surface area contributed by atoms with Gasteiger partial charge in [0.05, 0.1) is 14.2 Å². The molecule has 0 saturated heterocycles. The van der Waals surface area contributed by atoms with Crippen molar-refractivity contribution in [2.75, 3.05) is 26.0 Å². The van der Waals surface area contributed by atoms with Gasteiger partial charge in [-0.1, -0.05) is 6.07 Å². The number of hydrogen-bond donors (Lipinski definition) is 2. The van der Waals surface area contributed by atoms with Gasteiger partial charge in [-0.05, 0) is 17.7 Å². The molecule has 0 unspecified atom stereocenters. The van der Waals surface area contributed by atoms with E-state index in [2.05, 4.69) is 10.6 Å². The van der Waals surface area contributed by atoms with Crippen LogP contribution in [0.1, 0.15) is 11.7 Å². The lowest BCUT2D eigenvalue weighted by molar-refractivity contribution is -0.122. The SMILES string of the molecule is COc1ccc(C(NC(=O)CCl)NC(=O)CCl)cc1OC. The molecule has 2 N–H and O–H groups in total. The molecule has 0 aliphatic heterocycles. The number of carbonyl (C=O) groups is 2. The van der Waals surface area contributed by atoms with E-state index >= 15 is 0 Å². The Bertz CT molecular complexity index is 493. The fourth-order valence-corrected chi connectivity index (χ4v) is 1.79. The van der Waals surface area contributed by atoms with Crippen molar-refractivity contribution in [3.05, 3.63) is 23.8 Å². The molecule has 0 radical (unpaired) electrons. The van der Waals surface area contributed by atoms with E-state index in [1.807, 2.05) is 0 Å². The van der Waals surface area contributed by atoms with Gasteiger partial charge in [0.1, 0.15) is 17.9 Å². The number of alkyl halides is 2. The number of rotatable bonds is 7. The molecule has 0 aliphatic rings. The molecule has 8 heteroatoms. The minimum absolute atomic E-state index is 0.222. The molecule has 0 spiro atoms. The van der Waals surface area contributed by atoms with E-state index in [0.29, 0.717) is 17.1 Å². The quantitative estimate of drug-likeness (QED) is 0.584. The molecule has 0 bridgehead atoms. The zero-order valence-corrected chi connectivity index (χ0v) is 13.1. The van der Waals surface area contributed by atoms with Crippen LogP contribution in [0.25, 0.3) is 0 Å². The fourth-order valence-electron chi connectivity index (χ4n) is 1.63. The fraction of sp³-hybridized carbons (Fsp3) is 0.385. The summed E-state index contributed by atoms with van der Waals surface area (Å²) in [5, 5.41) is 5.16. The molecule has 2 amide bonds. The third kappa shape index (κ3) is 4.99. The van der Waals surface area contributed by atoms with E-state index in [1.54, 1.807) is 18.2 Å². The minimum Gasteiger partial charge on any atom is -0.493 e. The molecule has 116 valence electrons. The van der Waals surface area contributed by atoms with Crippen molar-refractivity contribution in [3.63, 3.8) is 0 Å². The predicted octanol–water partition coefficient (Wildman–Crippen LogP) is 1.41. The Balaban J connectivity index is 3.06. The third-order valence-electron chi connectivity index (χ3n) is 2.59. The molecule has 0 heterocycles. The Kier molecular flexibility index (Phi) is 7.11. The number of carbonyl (C=O) groups excluding carboxylic acids is 2. The van der Waals surface area contributed by atoms with Gasteiger partial charge in [-0.2, -0.15) is 0 Å². The summed E-state index contributed by atoms with van der Waals surface area (Å²) in [6, 6.07) is 5.00. The van der Waals surface area contributed by atoms with Crippen LogP contribution in [-0.2, 0) is 9.59 Å². The number of methoxy groups -OCH3 is 2. The van der Waals surface area contributed by atoms with Crippen LogP contribution in [0.4, 0.5) is 0 Å². The van der Waals surface area contributed by atoms with Gasteiger partial charge in [0.2, 0.25) is 11.8 Å². The first-order chi connectivity index (χ1) is 10.0. The number of nitrogens with one attached hydrogen (secondary N) is 2. The zero-order chi connectivity index (χ0) is 15.8. The summed E-state index contributed by atoms with van der Waals surface area (Å²) in [5.41, 5.74) is 0.601. The van der Waals surface area contributed by atoms with E-state index in [1.165, 1.54) is 14.2 Å². The average molecular weight is 335 g/mol. The van der Waals surface area contributed by atoms with Crippen molar-refractivity contribution in [1.29, 1.82) is 0 Å². The first-order valence-electron chi connectivity index (χ1n) is 5.98. The van der Waals surface area contributed by atoms with E-state index in [-0.39, 0.29) is 11.8 Å². The summed E-state index contributed by atoms with van der Waals surface area (Å²) >= 11 is 10.9. The summed E-state index contributed by atoms with van der Waals surface area (Å²) in [6.45, 7) is 0. The van der Waals surface area contributed by atoms with Crippen molar-refractivity contribution < 1.29 is 19.1 Å². The normalized spacial score (nSPS) is 10.1. The van der Waals surface area contributed by atoms with Crippen LogP contribution in [0.5, 0.6) is 11.5 Å². The van der Waals surface area contributed by atoms with Gasteiger partial charge in [0.15, 0.2) is 11.5 Å². The highest BCUT2D eigenvalue weighted by atomic mass is 35.5. The number of halogens is 2. The lowest BCUT2D eigenvalue weighted by Crippen LogP contribution is -2.42. The average Bonchev–Trinajstić information content (AvgIpc) is 2.52. The summed E-state index contributed by atoms with van der Waals surface area (Å²) in [4.78, 5) is 22.9. The monoisotopic (exact) mass is 334 g/mol. The molecule has 6 nitrogen and oxygen atoms in total. The van der Waals surface area contributed by atoms with Crippen LogP contribution in [0.3, 0.4) is 0 Å². The standard InChI is InChI=1S/C13H16Cl2N2O4/c1-20-9-4-3-8(5-10(9)21-2)13(16-11(18)6-14)17-12(19)7-15/h3-5,13H,6-7H2,1-2H3,(H,16,18)(H,17,19). The predicted molar refractivity (Wildman–Crippen MR) is 80.0 cm³/mol. The summed E-state index contributed by atoms with van der Waals surface area (Å²) in [5.74, 6) is -0.286. The highest BCUT2D eigenvalue weighted by Crippen LogP contribution is 2.29. The van der Waals surface area contributed by atoms with Gasteiger partial charge in [0, 0.05) is 0 Å². The van der Waals surface area contributed by atoms with Crippen molar-refractivity contribution in [2.45, 2.75) is 6.17 Å². The molecular weight excluding hydrogens is 319 g/mol. The lowest BCUT2D eigenvalue weighted by Gasteiger charge is -2.21. The first kappa shape index (κ1) is 17.4. The van der Waals surface area contributed by atoms with E-state index in [0.717, 1.165) is 0 Å². The van der Waals surface area contributed by atoms with Gasteiger partial charge < -0.3 is 20.1 Å². The van der Waals surface area contributed by atoms with Crippen molar-refractivity contribution >= 4 is 35.0 Å². The molecule has 1 rings (SSSR count). The maximum absolute atomic E-state index is 11.5. The van der Waals surface area contributed by atoms with Crippen LogP contribution in [-0.4, -0.2) is 37.8 Å². The maximum atomic E-state index is 11.5. The Labute approximate surface area is 132 Å². The second kappa shape index (κ2) is 8.59. The van der Waals surface area contributed by atoms with Crippen molar-refractivity contribution in [1.82, 2.24) is 10.6 Å². The molecule has 1 aromatic carbocycles. The highest BCUT2D eigenvalue weighted by molar-refractivity contribution is 6.27. The van der Waals surface area contributed by atoms with Crippen LogP contribution < -0.4 is 20.1 Å². The lowest BCUT2D eigenvalue weighted by atomic mass is 10.1. The van der Waals surface area contributed by atoms with E-state index in [4.69, 9.17) is 32.7 Å². The maximum Gasteiger partial charge on any atom is 0.236 e. The molecule has 0 atom stereocenters. The number of hydrogen-bond acceptors (Lipinski definition) is 4. The smallest absolute Gasteiger partial charge is 0.236 e. The van der Waals surface area contributed by atoms with E-state index < -0.39 is 18.0 Å². The topological polar surface area (TPSA) is 76.7 Å². The Morgan fingerprint density at radius 2 is 1.57 bits per heavy atom. The van der Waals surface area contributed by atoms with Crippen LogP contribution in [0, 0.1) is 0 Å². The summed E-state index contributed by atoms with van der Waals surface area (Å²) in [6.07, 6.45) is -0.762. The van der Waals surface area contributed by atoms with Gasteiger partial charge in [0.25, 0.3) is 0 Å². The van der Waals surface area contributed by atoms with Gasteiger partial charge in [-0.15, -0.1) is 23.2 Å².